The van der Waals surface area contributed by atoms with E-state index >= 15 is 0 Å². The van der Waals surface area contributed by atoms with Crippen molar-refractivity contribution in [2.45, 2.75) is 39.0 Å². The van der Waals surface area contributed by atoms with Gasteiger partial charge in [-0.1, -0.05) is 27.7 Å². The van der Waals surface area contributed by atoms with Crippen LogP contribution >= 0.6 is 11.8 Å². The van der Waals surface area contributed by atoms with E-state index in [1.54, 1.807) is 25.7 Å². The third-order valence-corrected chi connectivity index (χ3v) is 4.05. The van der Waals surface area contributed by atoms with Gasteiger partial charge in [0.05, 0.1) is 0 Å². The van der Waals surface area contributed by atoms with Gasteiger partial charge in [0.15, 0.2) is 0 Å². The summed E-state index contributed by atoms with van der Waals surface area (Å²) in [6.07, 6.45) is 0. The Kier molecular flexibility index (Phi) is 4.90. The van der Waals surface area contributed by atoms with Gasteiger partial charge in [0.1, 0.15) is 6.04 Å². The molecule has 0 aromatic carbocycles. The minimum Gasteiger partial charge on any atom is -0.480 e. The van der Waals surface area contributed by atoms with Gasteiger partial charge in [-0.15, -0.1) is 0 Å². The van der Waals surface area contributed by atoms with Gasteiger partial charge >= 0.3 is 12.0 Å². The Morgan fingerprint density at radius 3 is 2.50 bits per heavy atom. The number of aliphatic carboxylic acids is 1. The number of urea groups is 1. The largest absolute Gasteiger partial charge is 0.480 e. The van der Waals surface area contributed by atoms with Crippen molar-refractivity contribution in [2.24, 2.45) is 5.41 Å². The van der Waals surface area contributed by atoms with E-state index in [0.29, 0.717) is 18.3 Å². The molecule has 2 atom stereocenters. The van der Waals surface area contributed by atoms with Crippen molar-refractivity contribution in [3.05, 3.63) is 0 Å². The molecular formula is C12H22N2O3S. The first-order chi connectivity index (χ1) is 8.21. The number of carboxylic acids is 1. The number of carboxylic acid groups (broad SMARTS) is 1. The first-order valence-electron chi connectivity index (χ1n) is 6.11. The zero-order valence-corrected chi connectivity index (χ0v) is 12.2. The molecule has 6 heteroatoms. The number of hydrogen-bond acceptors (Lipinski definition) is 3. The van der Waals surface area contributed by atoms with Gasteiger partial charge in [-0.3, -0.25) is 0 Å². The summed E-state index contributed by atoms with van der Waals surface area (Å²) in [5, 5.41) is 12.2. The van der Waals surface area contributed by atoms with E-state index in [1.807, 2.05) is 11.8 Å². The lowest BCUT2D eigenvalue weighted by atomic mass is 9.87. The van der Waals surface area contributed by atoms with Crippen LogP contribution in [-0.2, 0) is 4.79 Å². The molecule has 1 fully saturated rings. The molecule has 104 valence electrons. The fraction of sp³-hybridized carbons (Fsp3) is 0.833. The Bertz CT molecular complexity index is 328. The van der Waals surface area contributed by atoms with Crippen LogP contribution in [0.4, 0.5) is 4.79 Å². The smallest absolute Gasteiger partial charge is 0.326 e. The topological polar surface area (TPSA) is 69.6 Å². The Hall–Kier alpha value is -0.910. The van der Waals surface area contributed by atoms with E-state index in [0.717, 1.165) is 5.75 Å². The summed E-state index contributed by atoms with van der Waals surface area (Å²) in [5.41, 5.74) is -0.502. The highest BCUT2D eigenvalue weighted by atomic mass is 32.2. The van der Waals surface area contributed by atoms with Crippen molar-refractivity contribution in [2.75, 3.05) is 18.8 Å². The number of rotatable bonds is 2. The second-order valence-electron chi connectivity index (χ2n) is 5.71. The molecule has 0 aliphatic carbocycles. The van der Waals surface area contributed by atoms with Crippen molar-refractivity contribution in [1.82, 2.24) is 10.2 Å². The molecule has 5 nitrogen and oxygen atoms in total. The monoisotopic (exact) mass is 274 g/mol. The number of thioether (sulfide) groups is 1. The molecule has 2 amide bonds. The molecule has 0 saturated carbocycles. The minimum absolute atomic E-state index is 0.274. The van der Waals surface area contributed by atoms with E-state index in [9.17, 15) is 14.7 Å². The Morgan fingerprint density at radius 2 is 2.06 bits per heavy atom. The molecule has 1 rings (SSSR count). The quantitative estimate of drug-likeness (QED) is 0.803. The van der Waals surface area contributed by atoms with Crippen molar-refractivity contribution < 1.29 is 14.7 Å². The maximum Gasteiger partial charge on any atom is 0.326 e. The van der Waals surface area contributed by atoms with Crippen molar-refractivity contribution in [3.63, 3.8) is 0 Å². The summed E-state index contributed by atoms with van der Waals surface area (Å²) in [6, 6.07) is -1.14. The van der Waals surface area contributed by atoms with Crippen molar-refractivity contribution >= 4 is 23.8 Å². The molecule has 0 aromatic heterocycles. The third-order valence-electron chi connectivity index (χ3n) is 2.91. The lowest BCUT2D eigenvalue weighted by Crippen LogP contribution is -2.55. The Labute approximate surface area is 112 Å². The van der Waals surface area contributed by atoms with Crippen molar-refractivity contribution in [3.8, 4) is 0 Å². The number of amides is 2. The minimum atomic E-state index is -0.990. The Balaban J connectivity index is 2.64. The van der Waals surface area contributed by atoms with Crippen LogP contribution in [0.25, 0.3) is 0 Å². The molecule has 1 aliphatic heterocycles. The van der Waals surface area contributed by atoms with Gasteiger partial charge in [0, 0.05) is 24.1 Å². The number of nitrogens with one attached hydrogen (secondary N) is 1. The normalized spacial score (nSPS) is 22.4. The first-order valence-corrected chi connectivity index (χ1v) is 7.16. The maximum absolute atomic E-state index is 12.0. The van der Waals surface area contributed by atoms with Crippen LogP contribution in [0.3, 0.4) is 0 Å². The molecule has 0 bridgehead atoms. The van der Waals surface area contributed by atoms with E-state index in [2.05, 4.69) is 12.2 Å². The third kappa shape index (κ3) is 4.08. The molecule has 1 unspecified atom stereocenters. The summed E-state index contributed by atoms with van der Waals surface area (Å²) in [4.78, 5) is 24.9. The molecule has 2 N–H and O–H groups in total. The van der Waals surface area contributed by atoms with Crippen LogP contribution in [0.1, 0.15) is 27.7 Å². The van der Waals surface area contributed by atoms with Gasteiger partial charge < -0.3 is 15.3 Å². The highest BCUT2D eigenvalue weighted by molar-refractivity contribution is 7.99. The summed E-state index contributed by atoms with van der Waals surface area (Å²) in [6.45, 7) is 8.84. The summed E-state index contributed by atoms with van der Waals surface area (Å²) >= 11 is 1.83. The molecule has 0 radical (unpaired) electrons. The van der Waals surface area contributed by atoms with Crippen LogP contribution < -0.4 is 5.32 Å². The van der Waals surface area contributed by atoms with Crippen LogP contribution in [0.2, 0.25) is 0 Å². The average molecular weight is 274 g/mol. The summed E-state index contributed by atoms with van der Waals surface area (Å²) in [5.74, 6) is -0.0859. The van der Waals surface area contributed by atoms with Gasteiger partial charge in [-0.25, -0.2) is 9.59 Å². The zero-order valence-electron chi connectivity index (χ0n) is 11.4. The molecule has 0 aromatic rings. The van der Waals surface area contributed by atoms with E-state index in [1.165, 1.54) is 0 Å². The zero-order chi connectivity index (χ0) is 13.9. The number of carbonyl (C=O) groups is 2. The van der Waals surface area contributed by atoms with Gasteiger partial charge in [-0.05, 0) is 5.41 Å². The number of nitrogens with zero attached hydrogens (tertiary/aromatic N) is 1. The average Bonchev–Trinajstić information content (AvgIpc) is 2.23. The number of carbonyl (C=O) groups excluding carboxylic acids is 1. The van der Waals surface area contributed by atoms with Crippen molar-refractivity contribution in [1.29, 1.82) is 0 Å². The predicted octanol–water partition coefficient (Wildman–Crippen LogP) is 1.63. The molecule has 1 heterocycles. The lowest BCUT2D eigenvalue weighted by molar-refractivity contribution is -0.142. The molecule has 1 aliphatic rings. The Morgan fingerprint density at radius 1 is 1.44 bits per heavy atom. The van der Waals surface area contributed by atoms with Gasteiger partial charge in [0.25, 0.3) is 0 Å². The maximum atomic E-state index is 12.0. The second kappa shape index (κ2) is 5.82. The van der Waals surface area contributed by atoms with Crippen LogP contribution in [0, 0.1) is 5.41 Å². The second-order valence-corrected chi connectivity index (χ2v) is 7.26. The van der Waals surface area contributed by atoms with Crippen LogP contribution in [0.15, 0.2) is 0 Å². The highest BCUT2D eigenvalue weighted by Gasteiger charge is 2.34. The molecule has 0 spiro atoms. The standard InChI is InChI=1S/C12H22N2O3S/c1-8-7-14(5-6-18-8)11(17)13-9(10(15)16)12(2,3)4/h8-9H,5-7H2,1-4H3,(H,13,17)(H,15,16)/t8?,9-/m0/s1. The van der Waals surface area contributed by atoms with Crippen LogP contribution in [0.5, 0.6) is 0 Å². The fourth-order valence-electron chi connectivity index (χ4n) is 1.87. The van der Waals surface area contributed by atoms with E-state index < -0.39 is 17.4 Å². The summed E-state index contributed by atoms with van der Waals surface area (Å²) in [7, 11) is 0. The first kappa shape index (κ1) is 15.1. The fourth-order valence-corrected chi connectivity index (χ4v) is 2.88. The SMILES string of the molecule is CC1CN(C(=O)N[C@@H](C(=O)O)C(C)(C)C)CCS1. The number of hydrogen-bond donors (Lipinski definition) is 2. The van der Waals surface area contributed by atoms with E-state index in [4.69, 9.17) is 0 Å². The molecule has 1 saturated heterocycles. The predicted molar refractivity (Wildman–Crippen MR) is 72.9 cm³/mol. The van der Waals surface area contributed by atoms with Gasteiger partial charge in [-0.2, -0.15) is 11.8 Å². The summed E-state index contributed by atoms with van der Waals surface area (Å²) < 4.78 is 0. The highest BCUT2D eigenvalue weighted by Crippen LogP contribution is 2.21. The molecule has 18 heavy (non-hydrogen) atoms. The van der Waals surface area contributed by atoms with E-state index in [-0.39, 0.29) is 6.03 Å². The molecular weight excluding hydrogens is 252 g/mol. The lowest BCUT2D eigenvalue weighted by Gasteiger charge is -2.34. The van der Waals surface area contributed by atoms with Gasteiger partial charge in [0.2, 0.25) is 0 Å². The van der Waals surface area contributed by atoms with Crippen LogP contribution in [-0.4, -0.2) is 52.1 Å².